The van der Waals surface area contributed by atoms with Crippen LogP contribution in [-0.4, -0.2) is 21.5 Å². The van der Waals surface area contributed by atoms with Crippen LogP contribution >= 0.6 is 45.8 Å². The van der Waals surface area contributed by atoms with Crippen molar-refractivity contribution in [3.05, 3.63) is 67.3 Å². The zero-order chi connectivity index (χ0) is 23.9. The second kappa shape index (κ2) is 9.04. The predicted molar refractivity (Wildman–Crippen MR) is 136 cm³/mol. The molecule has 1 aromatic carbocycles. The van der Waals surface area contributed by atoms with Crippen molar-refractivity contribution in [2.75, 3.05) is 5.32 Å². The standard InChI is InChI=1S/C24H17ClN2O4S3/c1-13-21(26-23(30)31-12-14-4-2-3-5-16(14)25)17(34-27-13)7-6-15-10-18-19(32-15)11-20(33-18)24(8-9-24)22(28)29/h2-5,10-11H,8-9,12H2,1H3,(H,26,30)(H,28,29). The Morgan fingerprint density at radius 1 is 1.21 bits per heavy atom. The molecule has 1 amide bonds. The number of aryl methyl sites for hydroxylation is 1. The molecule has 1 fully saturated rings. The molecule has 0 saturated heterocycles. The molecular weight excluding hydrogens is 512 g/mol. The third kappa shape index (κ3) is 4.42. The van der Waals surface area contributed by atoms with Crippen LogP contribution in [0.4, 0.5) is 10.5 Å². The fourth-order valence-corrected chi connectivity index (χ4v) is 6.83. The number of thiophene rings is 2. The molecule has 1 saturated carbocycles. The molecular formula is C24H17ClN2O4S3. The summed E-state index contributed by atoms with van der Waals surface area (Å²) in [6, 6.07) is 11.1. The molecule has 0 radical (unpaired) electrons. The number of benzene rings is 1. The Balaban J connectivity index is 1.29. The van der Waals surface area contributed by atoms with Crippen molar-refractivity contribution in [2.45, 2.75) is 31.8 Å². The molecule has 6 nitrogen and oxygen atoms in total. The van der Waals surface area contributed by atoms with Crippen molar-refractivity contribution < 1.29 is 19.4 Å². The van der Waals surface area contributed by atoms with Gasteiger partial charge < -0.3 is 9.84 Å². The summed E-state index contributed by atoms with van der Waals surface area (Å²) in [5.41, 5.74) is 1.22. The number of carbonyl (C=O) groups is 2. The number of rotatable bonds is 5. The van der Waals surface area contributed by atoms with Crippen molar-refractivity contribution in [3.63, 3.8) is 0 Å². The van der Waals surface area contributed by atoms with Gasteiger partial charge in [-0.3, -0.25) is 10.1 Å². The number of carbonyl (C=O) groups excluding carboxylic acids is 1. The van der Waals surface area contributed by atoms with Crippen LogP contribution in [0.3, 0.4) is 0 Å². The Morgan fingerprint density at radius 3 is 2.68 bits per heavy atom. The Hall–Kier alpha value is -2.90. The Bertz CT molecular complexity index is 1460. The molecule has 0 spiro atoms. The van der Waals surface area contributed by atoms with Crippen LogP contribution in [0.15, 0.2) is 36.4 Å². The fraction of sp³-hybridized carbons (Fsp3) is 0.208. The van der Waals surface area contributed by atoms with E-state index in [1.54, 1.807) is 19.1 Å². The van der Waals surface area contributed by atoms with Crippen molar-refractivity contribution in [1.82, 2.24) is 4.37 Å². The van der Waals surface area contributed by atoms with Gasteiger partial charge in [0.2, 0.25) is 0 Å². The van der Waals surface area contributed by atoms with Crippen LogP contribution in [0.5, 0.6) is 0 Å². The Labute approximate surface area is 212 Å². The van der Waals surface area contributed by atoms with Crippen LogP contribution in [0.25, 0.3) is 9.40 Å². The van der Waals surface area contributed by atoms with E-state index in [0.29, 0.717) is 34.1 Å². The molecule has 0 aliphatic heterocycles. The number of halogens is 1. The van der Waals surface area contributed by atoms with Gasteiger partial charge >= 0.3 is 12.1 Å². The van der Waals surface area contributed by atoms with E-state index in [0.717, 1.165) is 24.7 Å². The van der Waals surface area contributed by atoms with Crippen molar-refractivity contribution in [3.8, 4) is 11.8 Å². The zero-order valence-corrected chi connectivity index (χ0v) is 21.0. The van der Waals surface area contributed by atoms with Crippen LogP contribution in [-0.2, 0) is 21.6 Å². The van der Waals surface area contributed by atoms with E-state index in [1.165, 1.54) is 34.2 Å². The van der Waals surface area contributed by atoms with E-state index in [-0.39, 0.29) is 6.61 Å². The summed E-state index contributed by atoms with van der Waals surface area (Å²) in [5.74, 6) is 5.50. The summed E-state index contributed by atoms with van der Waals surface area (Å²) >= 11 is 10.4. The van der Waals surface area contributed by atoms with Crippen molar-refractivity contribution in [1.29, 1.82) is 0 Å². The number of hydrogen-bond acceptors (Lipinski definition) is 7. The molecule has 1 aliphatic rings. The molecule has 4 aromatic rings. The normalized spacial score (nSPS) is 13.8. The number of aromatic nitrogens is 1. The number of nitrogens with one attached hydrogen (secondary N) is 1. The lowest BCUT2D eigenvalue weighted by Crippen LogP contribution is -2.17. The van der Waals surface area contributed by atoms with Gasteiger partial charge in [-0.1, -0.05) is 29.8 Å². The van der Waals surface area contributed by atoms with Gasteiger partial charge in [0.05, 0.1) is 16.3 Å². The van der Waals surface area contributed by atoms with Gasteiger partial charge in [0, 0.05) is 24.9 Å². The minimum atomic E-state index is -0.743. The minimum absolute atomic E-state index is 0.0558. The molecule has 2 N–H and O–H groups in total. The van der Waals surface area contributed by atoms with Gasteiger partial charge in [0.1, 0.15) is 16.9 Å². The first kappa shape index (κ1) is 22.9. The van der Waals surface area contributed by atoms with Crippen LogP contribution in [0.2, 0.25) is 5.02 Å². The highest BCUT2D eigenvalue weighted by Gasteiger charge is 2.53. The topological polar surface area (TPSA) is 88.5 Å². The second-order valence-electron chi connectivity index (χ2n) is 7.85. The monoisotopic (exact) mass is 528 g/mol. The molecule has 34 heavy (non-hydrogen) atoms. The first-order valence-electron chi connectivity index (χ1n) is 10.3. The predicted octanol–water partition coefficient (Wildman–Crippen LogP) is 6.65. The Morgan fingerprint density at radius 2 is 1.97 bits per heavy atom. The van der Waals surface area contributed by atoms with Gasteiger partial charge in [-0.05, 0) is 61.3 Å². The number of nitrogens with zero attached hydrogens (tertiary/aromatic N) is 1. The molecule has 10 heteroatoms. The summed E-state index contributed by atoms with van der Waals surface area (Å²) in [6.07, 6.45) is 0.789. The summed E-state index contributed by atoms with van der Waals surface area (Å²) in [4.78, 5) is 26.3. The largest absolute Gasteiger partial charge is 0.481 e. The van der Waals surface area contributed by atoms with Crippen molar-refractivity contribution >= 4 is 73.0 Å². The summed E-state index contributed by atoms with van der Waals surface area (Å²) < 4.78 is 11.7. The number of carboxylic acid groups (broad SMARTS) is 1. The Kier molecular flexibility index (Phi) is 6.08. The fourth-order valence-electron chi connectivity index (χ4n) is 3.44. The number of carboxylic acids is 1. The van der Waals surface area contributed by atoms with Gasteiger partial charge in [-0.15, -0.1) is 22.7 Å². The smallest absolute Gasteiger partial charge is 0.412 e. The van der Waals surface area contributed by atoms with E-state index in [9.17, 15) is 14.7 Å². The van der Waals surface area contributed by atoms with Gasteiger partial charge in [-0.2, -0.15) is 4.37 Å². The first-order chi connectivity index (χ1) is 16.4. The number of fused-ring (bicyclic) bond motifs is 1. The maximum absolute atomic E-state index is 12.3. The SMILES string of the molecule is Cc1nsc(C#Cc2cc3sc(C4(C(=O)O)CC4)cc3s2)c1NC(=O)OCc1ccccc1Cl. The second-order valence-corrected chi connectivity index (χ2v) is 11.2. The van der Waals surface area contributed by atoms with E-state index in [2.05, 4.69) is 21.5 Å². The van der Waals surface area contributed by atoms with Gasteiger partial charge in [0.25, 0.3) is 0 Å². The number of hydrogen-bond donors (Lipinski definition) is 2. The van der Waals surface area contributed by atoms with E-state index < -0.39 is 17.5 Å². The average Bonchev–Trinajstić information content (AvgIpc) is 3.25. The summed E-state index contributed by atoms with van der Waals surface area (Å²) in [7, 11) is 0. The molecule has 0 unspecified atom stereocenters. The maximum Gasteiger partial charge on any atom is 0.412 e. The summed E-state index contributed by atoms with van der Waals surface area (Å²) in [5, 5.41) is 12.8. The highest BCUT2D eigenvalue weighted by Crippen LogP contribution is 2.52. The molecule has 3 heterocycles. The highest BCUT2D eigenvalue weighted by atomic mass is 35.5. The number of anilines is 1. The number of amides is 1. The molecule has 1 aliphatic carbocycles. The summed E-state index contributed by atoms with van der Waals surface area (Å²) in [6.45, 7) is 1.85. The first-order valence-corrected chi connectivity index (χ1v) is 13.1. The number of ether oxygens (including phenoxy) is 1. The van der Waals surface area contributed by atoms with Crippen LogP contribution in [0, 0.1) is 18.8 Å². The zero-order valence-electron chi connectivity index (χ0n) is 17.8. The number of aliphatic carboxylic acids is 1. The van der Waals surface area contributed by atoms with E-state index in [4.69, 9.17) is 16.3 Å². The van der Waals surface area contributed by atoms with Crippen LogP contribution < -0.4 is 5.32 Å². The third-order valence-electron chi connectivity index (χ3n) is 5.54. The van der Waals surface area contributed by atoms with Crippen molar-refractivity contribution in [2.24, 2.45) is 0 Å². The van der Waals surface area contributed by atoms with Gasteiger partial charge in [0.15, 0.2) is 0 Å². The quantitative estimate of drug-likeness (QED) is 0.283. The average molecular weight is 529 g/mol. The lowest BCUT2D eigenvalue weighted by atomic mass is 10.1. The van der Waals surface area contributed by atoms with Crippen LogP contribution in [0.1, 0.15) is 38.7 Å². The lowest BCUT2D eigenvalue weighted by Gasteiger charge is -2.08. The minimum Gasteiger partial charge on any atom is -0.481 e. The molecule has 0 atom stereocenters. The molecule has 3 aromatic heterocycles. The highest BCUT2D eigenvalue weighted by molar-refractivity contribution is 7.28. The molecule has 0 bridgehead atoms. The van der Waals surface area contributed by atoms with E-state index >= 15 is 0 Å². The van der Waals surface area contributed by atoms with Gasteiger partial charge in [-0.25, -0.2) is 4.79 Å². The third-order valence-corrected chi connectivity index (χ3v) is 9.18. The van der Waals surface area contributed by atoms with E-state index in [1.807, 2.05) is 24.3 Å². The molecule has 172 valence electrons. The molecule has 5 rings (SSSR count). The lowest BCUT2D eigenvalue weighted by molar-refractivity contribution is -0.139. The maximum atomic E-state index is 12.3.